The Morgan fingerprint density at radius 1 is 1.53 bits per heavy atom. The predicted octanol–water partition coefficient (Wildman–Crippen LogP) is -0.652. The molecule has 15 heavy (non-hydrogen) atoms. The van der Waals surface area contributed by atoms with Crippen molar-refractivity contribution in [3.05, 3.63) is 11.9 Å². The standard InChI is InChI=1S/C9H18N4O2/c1-13-6-9(11-12-13)5-8(10)7-15-4-3-14-2/h6,8H,3-5,7,10H2,1-2H3. The molecule has 1 rings (SSSR count). The van der Waals surface area contributed by atoms with Gasteiger partial charge >= 0.3 is 0 Å². The van der Waals surface area contributed by atoms with Crippen molar-refractivity contribution < 1.29 is 9.47 Å². The predicted molar refractivity (Wildman–Crippen MR) is 55.4 cm³/mol. The molecule has 86 valence electrons. The molecular weight excluding hydrogens is 196 g/mol. The molecule has 0 fully saturated rings. The lowest BCUT2D eigenvalue weighted by molar-refractivity contribution is 0.0636. The van der Waals surface area contributed by atoms with E-state index in [0.29, 0.717) is 26.2 Å². The molecular formula is C9H18N4O2. The smallest absolute Gasteiger partial charge is 0.0843 e. The van der Waals surface area contributed by atoms with Gasteiger partial charge in [0.25, 0.3) is 0 Å². The molecule has 6 nitrogen and oxygen atoms in total. The summed E-state index contributed by atoms with van der Waals surface area (Å²) in [5.74, 6) is 0. The highest BCUT2D eigenvalue weighted by atomic mass is 16.5. The summed E-state index contributed by atoms with van der Waals surface area (Å²) in [5.41, 5.74) is 6.74. The highest BCUT2D eigenvalue weighted by molar-refractivity contribution is 4.94. The fourth-order valence-electron chi connectivity index (χ4n) is 1.19. The first-order valence-electron chi connectivity index (χ1n) is 4.90. The van der Waals surface area contributed by atoms with E-state index in [0.717, 1.165) is 5.69 Å². The molecule has 0 aliphatic carbocycles. The number of nitrogens with zero attached hydrogens (tertiary/aromatic N) is 3. The van der Waals surface area contributed by atoms with Crippen molar-refractivity contribution in [2.75, 3.05) is 26.9 Å². The molecule has 1 aromatic rings. The third kappa shape index (κ3) is 4.87. The number of nitrogens with two attached hydrogens (primary N) is 1. The first-order valence-corrected chi connectivity index (χ1v) is 4.90. The van der Waals surface area contributed by atoms with Crippen LogP contribution in [0, 0.1) is 0 Å². The molecule has 6 heteroatoms. The molecule has 0 aromatic carbocycles. The normalized spacial score (nSPS) is 13.0. The largest absolute Gasteiger partial charge is 0.382 e. The molecule has 2 N–H and O–H groups in total. The minimum Gasteiger partial charge on any atom is -0.382 e. The third-order valence-electron chi connectivity index (χ3n) is 1.89. The van der Waals surface area contributed by atoms with Gasteiger partial charge < -0.3 is 15.2 Å². The van der Waals surface area contributed by atoms with Gasteiger partial charge in [0, 0.05) is 32.8 Å². The maximum atomic E-state index is 5.85. The second-order valence-electron chi connectivity index (χ2n) is 3.42. The molecule has 1 heterocycles. The fraction of sp³-hybridized carbons (Fsp3) is 0.778. The quantitative estimate of drug-likeness (QED) is 0.610. The van der Waals surface area contributed by atoms with Gasteiger partial charge in [-0.15, -0.1) is 5.10 Å². The second-order valence-corrected chi connectivity index (χ2v) is 3.42. The van der Waals surface area contributed by atoms with Crippen LogP contribution in [0.1, 0.15) is 5.69 Å². The minimum atomic E-state index is -0.0430. The van der Waals surface area contributed by atoms with Crippen LogP contribution in [-0.2, 0) is 22.9 Å². The zero-order chi connectivity index (χ0) is 11.1. The summed E-state index contributed by atoms with van der Waals surface area (Å²) in [6.07, 6.45) is 2.54. The van der Waals surface area contributed by atoms with Gasteiger partial charge in [-0.25, -0.2) is 0 Å². The van der Waals surface area contributed by atoms with Crippen LogP contribution in [0.25, 0.3) is 0 Å². The van der Waals surface area contributed by atoms with Crippen LogP contribution in [0.3, 0.4) is 0 Å². The molecule has 0 aliphatic heterocycles. The number of hydrogen-bond acceptors (Lipinski definition) is 5. The van der Waals surface area contributed by atoms with Crippen LogP contribution in [0.2, 0.25) is 0 Å². The molecule has 0 amide bonds. The van der Waals surface area contributed by atoms with Crippen LogP contribution < -0.4 is 5.73 Å². The summed E-state index contributed by atoms with van der Waals surface area (Å²) in [6.45, 7) is 1.68. The van der Waals surface area contributed by atoms with Crippen molar-refractivity contribution in [1.29, 1.82) is 0 Å². The van der Waals surface area contributed by atoms with E-state index in [1.165, 1.54) is 0 Å². The summed E-state index contributed by atoms with van der Waals surface area (Å²) in [5, 5.41) is 7.78. The lowest BCUT2D eigenvalue weighted by Gasteiger charge is -2.09. The molecule has 0 saturated carbocycles. The van der Waals surface area contributed by atoms with Gasteiger partial charge in [0.05, 0.1) is 25.5 Å². The molecule has 0 saturated heterocycles. The van der Waals surface area contributed by atoms with Gasteiger partial charge in [-0.1, -0.05) is 5.21 Å². The third-order valence-corrected chi connectivity index (χ3v) is 1.89. The van der Waals surface area contributed by atoms with E-state index >= 15 is 0 Å². The Morgan fingerprint density at radius 3 is 2.93 bits per heavy atom. The summed E-state index contributed by atoms with van der Waals surface area (Å²) >= 11 is 0. The zero-order valence-corrected chi connectivity index (χ0v) is 9.22. The number of rotatable bonds is 7. The summed E-state index contributed by atoms with van der Waals surface area (Å²) in [4.78, 5) is 0. The Hall–Kier alpha value is -0.980. The molecule has 1 aromatic heterocycles. The number of hydrogen-bond donors (Lipinski definition) is 1. The van der Waals surface area contributed by atoms with Gasteiger partial charge in [-0.3, -0.25) is 4.68 Å². The van der Waals surface area contributed by atoms with Crippen molar-refractivity contribution >= 4 is 0 Å². The average molecular weight is 214 g/mol. The lowest BCUT2D eigenvalue weighted by Crippen LogP contribution is -2.29. The number of aryl methyl sites for hydroxylation is 1. The molecule has 0 bridgehead atoms. The van der Waals surface area contributed by atoms with Gasteiger partial charge in [-0.2, -0.15) is 0 Å². The van der Waals surface area contributed by atoms with Crippen molar-refractivity contribution in [3.8, 4) is 0 Å². The Bertz CT molecular complexity index is 277. The Kier molecular flexibility index (Phi) is 5.23. The molecule has 1 atom stereocenters. The summed E-state index contributed by atoms with van der Waals surface area (Å²) in [6, 6.07) is -0.0430. The first kappa shape index (κ1) is 12.1. The highest BCUT2D eigenvalue weighted by Crippen LogP contribution is 1.96. The average Bonchev–Trinajstić information content (AvgIpc) is 2.59. The second kappa shape index (κ2) is 6.49. The Balaban J connectivity index is 2.15. The van der Waals surface area contributed by atoms with Gasteiger partial charge in [0.1, 0.15) is 0 Å². The number of aromatic nitrogens is 3. The van der Waals surface area contributed by atoms with E-state index in [9.17, 15) is 0 Å². The lowest BCUT2D eigenvalue weighted by atomic mass is 10.2. The maximum absolute atomic E-state index is 5.85. The van der Waals surface area contributed by atoms with Crippen molar-refractivity contribution in [3.63, 3.8) is 0 Å². The van der Waals surface area contributed by atoms with Crippen molar-refractivity contribution in [2.24, 2.45) is 12.8 Å². The number of methoxy groups -OCH3 is 1. The van der Waals surface area contributed by atoms with E-state index in [4.69, 9.17) is 15.2 Å². The highest BCUT2D eigenvalue weighted by Gasteiger charge is 2.06. The van der Waals surface area contributed by atoms with Crippen molar-refractivity contribution in [1.82, 2.24) is 15.0 Å². The summed E-state index contributed by atoms with van der Waals surface area (Å²) < 4.78 is 11.8. The zero-order valence-electron chi connectivity index (χ0n) is 9.22. The van der Waals surface area contributed by atoms with Gasteiger partial charge in [0.2, 0.25) is 0 Å². The fourth-order valence-corrected chi connectivity index (χ4v) is 1.19. The van der Waals surface area contributed by atoms with Gasteiger partial charge in [0.15, 0.2) is 0 Å². The summed E-state index contributed by atoms with van der Waals surface area (Å²) in [7, 11) is 3.47. The minimum absolute atomic E-state index is 0.0430. The maximum Gasteiger partial charge on any atom is 0.0843 e. The molecule has 0 radical (unpaired) electrons. The van der Waals surface area contributed by atoms with Crippen LogP contribution in [0.15, 0.2) is 6.20 Å². The van der Waals surface area contributed by atoms with E-state index in [1.807, 2.05) is 13.2 Å². The van der Waals surface area contributed by atoms with E-state index in [1.54, 1.807) is 11.8 Å². The van der Waals surface area contributed by atoms with Gasteiger partial charge in [-0.05, 0) is 0 Å². The van der Waals surface area contributed by atoms with Crippen LogP contribution in [0.4, 0.5) is 0 Å². The Morgan fingerprint density at radius 2 is 2.33 bits per heavy atom. The molecule has 0 aliphatic rings. The first-order chi connectivity index (χ1) is 7.22. The monoisotopic (exact) mass is 214 g/mol. The van der Waals surface area contributed by atoms with E-state index in [-0.39, 0.29) is 6.04 Å². The van der Waals surface area contributed by atoms with E-state index in [2.05, 4.69) is 10.3 Å². The van der Waals surface area contributed by atoms with Crippen LogP contribution in [-0.4, -0.2) is 48.0 Å². The van der Waals surface area contributed by atoms with Crippen LogP contribution in [0.5, 0.6) is 0 Å². The number of ether oxygens (including phenoxy) is 2. The van der Waals surface area contributed by atoms with E-state index < -0.39 is 0 Å². The Labute approximate surface area is 89.3 Å². The molecule has 0 spiro atoms. The molecule has 1 unspecified atom stereocenters. The van der Waals surface area contributed by atoms with Crippen LogP contribution >= 0.6 is 0 Å². The van der Waals surface area contributed by atoms with Crippen molar-refractivity contribution in [2.45, 2.75) is 12.5 Å². The topological polar surface area (TPSA) is 75.2 Å². The SMILES string of the molecule is COCCOCC(N)Cc1cn(C)nn1.